The molecule has 0 aliphatic carbocycles. The Labute approximate surface area is 109 Å². The molecule has 16 heavy (non-hydrogen) atoms. The maximum atomic E-state index is 10.6. The molecule has 3 N–H and O–H groups in total. The Bertz CT molecular complexity index is 341. The molecule has 0 rings (SSSR count). The molecule has 0 saturated heterocycles. The average molecular weight is 266 g/mol. The summed E-state index contributed by atoms with van der Waals surface area (Å²) in [4.78, 5) is 48.6. The van der Waals surface area contributed by atoms with E-state index in [2.05, 4.69) is 9.05 Å². The van der Waals surface area contributed by atoms with Crippen LogP contribution >= 0.6 is 7.82 Å². The van der Waals surface area contributed by atoms with Crippen LogP contribution in [-0.2, 0) is 32.8 Å². The Kier molecular flexibility index (Phi) is 7.21. The van der Waals surface area contributed by atoms with E-state index >= 15 is 0 Å². The summed E-state index contributed by atoms with van der Waals surface area (Å²) in [5, 5.41) is 15.9. The molecule has 12 heteroatoms. The Morgan fingerprint density at radius 3 is 1.31 bits per heavy atom. The molecule has 0 atom stereocenters. The molecule has 0 amide bonds. The number of carboxylic acids is 2. The van der Waals surface area contributed by atoms with Gasteiger partial charge >= 0.3 is 61.3 Å². The summed E-state index contributed by atoms with van der Waals surface area (Å²) in [6.07, 6.45) is 0. The summed E-state index contributed by atoms with van der Waals surface area (Å²) in [5.41, 5.74) is 0. The van der Waals surface area contributed by atoms with Crippen molar-refractivity contribution >= 4 is 61.3 Å². The Morgan fingerprint density at radius 2 is 1.12 bits per heavy atom. The first kappa shape index (κ1) is 17.5. The summed E-state index contributed by atoms with van der Waals surface area (Å²) >= 11 is 0. The second-order valence-corrected chi connectivity index (χ2v) is 3.14. The SMILES string of the molecule is O=C(O)C(=O)OP(=O)(O)OC(=O)C(=O)O.[NaH]. The van der Waals surface area contributed by atoms with E-state index in [0.29, 0.717) is 0 Å². The molecule has 0 spiro atoms. The van der Waals surface area contributed by atoms with Crippen molar-refractivity contribution in [2.24, 2.45) is 0 Å². The molecule has 0 aliphatic heterocycles. The molecule has 0 fully saturated rings. The van der Waals surface area contributed by atoms with E-state index in [0.717, 1.165) is 0 Å². The van der Waals surface area contributed by atoms with Crippen LogP contribution in [0.15, 0.2) is 0 Å². The quantitative estimate of drug-likeness (QED) is 0.281. The van der Waals surface area contributed by atoms with Crippen molar-refractivity contribution in [3.63, 3.8) is 0 Å². The molecule has 0 radical (unpaired) electrons. The van der Waals surface area contributed by atoms with Crippen molar-refractivity contribution in [3.8, 4) is 0 Å². The summed E-state index contributed by atoms with van der Waals surface area (Å²) < 4.78 is 17.2. The predicted molar refractivity (Wildman–Crippen MR) is 44.4 cm³/mol. The van der Waals surface area contributed by atoms with Gasteiger partial charge in [0.25, 0.3) is 0 Å². The second-order valence-electron chi connectivity index (χ2n) is 1.84. The van der Waals surface area contributed by atoms with Crippen LogP contribution in [0.3, 0.4) is 0 Å². The van der Waals surface area contributed by atoms with Crippen LogP contribution in [0.1, 0.15) is 0 Å². The first-order chi connectivity index (χ1) is 6.65. The average Bonchev–Trinajstić information content (AvgIpc) is 2.01. The molecule has 86 valence electrons. The van der Waals surface area contributed by atoms with Crippen LogP contribution in [0.2, 0.25) is 0 Å². The van der Waals surface area contributed by atoms with E-state index in [1.54, 1.807) is 0 Å². The van der Waals surface area contributed by atoms with Gasteiger partial charge in [-0.3, -0.25) is 4.89 Å². The van der Waals surface area contributed by atoms with Gasteiger partial charge in [-0.05, 0) is 0 Å². The summed E-state index contributed by atoms with van der Waals surface area (Å²) in [6.45, 7) is 0. The molecular weight excluding hydrogens is 262 g/mol. The van der Waals surface area contributed by atoms with Crippen molar-refractivity contribution < 1.29 is 47.9 Å². The van der Waals surface area contributed by atoms with Gasteiger partial charge in [0.15, 0.2) is 0 Å². The topological polar surface area (TPSA) is 164 Å². The zero-order valence-corrected chi connectivity index (χ0v) is 7.54. The fourth-order valence-electron chi connectivity index (χ4n) is 0.306. The number of carboxylic acid groups (broad SMARTS) is 2. The van der Waals surface area contributed by atoms with Crippen LogP contribution < -0.4 is 0 Å². The molecule has 10 nitrogen and oxygen atoms in total. The molecule has 0 heterocycles. The minimum absolute atomic E-state index is 0. The predicted octanol–water partition coefficient (Wildman–Crippen LogP) is -2.31. The molecule has 0 unspecified atom stereocenters. The second kappa shape index (κ2) is 6.61. The van der Waals surface area contributed by atoms with Crippen LogP contribution in [0, 0.1) is 0 Å². The van der Waals surface area contributed by atoms with E-state index in [9.17, 15) is 23.7 Å². The van der Waals surface area contributed by atoms with Crippen molar-refractivity contribution in [2.45, 2.75) is 0 Å². The van der Waals surface area contributed by atoms with Crippen molar-refractivity contribution in [2.75, 3.05) is 0 Å². The summed E-state index contributed by atoms with van der Waals surface area (Å²) in [7, 11) is -5.37. The van der Waals surface area contributed by atoms with Gasteiger partial charge in [-0.25, -0.2) is 23.7 Å². The van der Waals surface area contributed by atoms with Crippen molar-refractivity contribution in [1.82, 2.24) is 0 Å². The Morgan fingerprint density at radius 1 is 0.875 bits per heavy atom. The number of carbonyl (C=O) groups excluding carboxylic acids is 2. The number of hydrogen-bond donors (Lipinski definition) is 3. The Balaban J connectivity index is 0. The normalized spacial score (nSPS) is 9.56. The monoisotopic (exact) mass is 266 g/mol. The minimum atomic E-state index is -5.37. The zero-order valence-electron chi connectivity index (χ0n) is 6.65. The molecular formula is C4H4NaO10P. The zero-order chi connectivity index (χ0) is 12.2. The number of aliphatic carboxylic acids is 2. The molecule has 0 aromatic carbocycles. The maximum absolute atomic E-state index is 10.6. The van der Waals surface area contributed by atoms with Gasteiger partial charge in [0.05, 0.1) is 0 Å². The molecule has 0 bridgehead atoms. The van der Waals surface area contributed by atoms with E-state index in [-0.39, 0.29) is 29.6 Å². The number of rotatable bonds is 2. The van der Waals surface area contributed by atoms with E-state index < -0.39 is 31.7 Å². The third-order valence-corrected chi connectivity index (χ3v) is 1.54. The van der Waals surface area contributed by atoms with Crippen LogP contribution in [0.5, 0.6) is 0 Å². The third kappa shape index (κ3) is 6.53. The van der Waals surface area contributed by atoms with Gasteiger partial charge in [-0.15, -0.1) is 0 Å². The van der Waals surface area contributed by atoms with Crippen molar-refractivity contribution in [1.29, 1.82) is 0 Å². The first-order valence-electron chi connectivity index (χ1n) is 2.92. The van der Waals surface area contributed by atoms with Gasteiger partial charge < -0.3 is 19.3 Å². The number of carbonyl (C=O) groups is 4. The molecule has 0 aliphatic rings. The van der Waals surface area contributed by atoms with Gasteiger partial charge in [0.2, 0.25) is 0 Å². The summed E-state index contributed by atoms with van der Waals surface area (Å²) in [5.74, 6) is -8.76. The summed E-state index contributed by atoms with van der Waals surface area (Å²) in [6, 6.07) is 0. The van der Waals surface area contributed by atoms with Crippen LogP contribution in [-0.4, -0.2) is 68.5 Å². The van der Waals surface area contributed by atoms with Gasteiger partial charge in [-0.1, -0.05) is 0 Å². The fraction of sp³-hybridized carbons (Fsp3) is 0. The number of phosphoric ester groups is 1. The van der Waals surface area contributed by atoms with Gasteiger partial charge in [-0.2, -0.15) is 0 Å². The standard InChI is InChI=1S/C4H3O10P.Na.H/c5-1(6)3(9)13-15(11,12)14-4(10)2(7)8;;/h(H,5,6)(H,7,8)(H,11,12);;. The fourth-order valence-corrected chi connectivity index (χ4v) is 0.919. The first-order valence-corrected chi connectivity index (χ1v) is 4.42. The third-order valence-electron chi connectivity index (χ3n) is 0.746. The van der Waals surface area contributed by atoms with Crippen LogP contribution in [0.4, 0.5) is 0 Å². The van der Waals surface area contributed by atoms with Gasteiger partial charge in [0, 0.05) is 0 Å². The van der Waals surface area contributed by atoms with E-state index in [1.807, 2.05) is 0 Å². The van der Waals surface area contributed by atoms with Gasteiger partial charge in [0.1, 0.15) is 0 Å². The van der Waals surface area contributed by atoms with Crippen LogP contribution in [0.25, 0.3) is 0 Å². The molecule has 0 saturated carbocycles. The van der Waals surface area contributed by atoms with E-state index in [1.165, 1.54) is 0 Å². The number of hydrogen-bond acceptors (Lipinski definition) is 7. The van der Waals surface area contributed by atoms with Crippen molar-refractivity contribution in [3.05, 3.63) is 0 Å². The molecule has 0 aromatic heterocycles. The Hall–Kier alpha value is -0.930. The van der Waals surface area contributed by atoms with E-state index in [4.69, 9.17) is 15.1 Å². The number of phosphoric acid groups is 1. The molecule has 0 aromatic rings.